The first-order valence-electron chi connectivity index (χ1n) is 7.43. The summed E-state index contributed by atoms with van der Waals surface area (Å²) in [5.41, 5.74) is 1.06. The van der Waals surface area contributed by atoms with E-state index >= 15 is 0 Å². The normalized spacial score (nSPS) is 19.9. The van der Waals surface area contributed by atoms with Crippen molar-refractivity contribution < 1.29 is 14.3 Å². The van der Waals surface area contributed by atoms with Crippen LogP contribution in [0.15, 0.2) is 24.3 Å². The first kappa shape index (κ1) is 15.8. The lowest BCUT2D eigenvalue weighted by molar-refractivity contribution is -0.131. The molecule has 1 heterocycles. The van der Waals surface area contributed by atoms with Gasteiger partial charge in [0.1, 0.15) is 11.9 Å². The van der Waals surface area contributed by atoms with E-state index in [-0.39, 0.29) is 18.1 Å². The smallest absolute Gasteiger partial charge is 0.238 e. The molecule has 0 saturated carbocycles. The Morgan fingerprint density at radius 1 is 1.38 bits per heavy atom. The first-order chi connectivity index (χ1) is 10.2. The van der Waals surface area contributed by atoms with Crippen molar-refractivity contribution in [1.29, 1.82) is 0 Å². The van der Waals surface area contributed by atoms with Crippen molar-refractivity contribution in [3.63, 3.8) is 0 Å². The second-order valence-electron chi connectivity index (χ2n) is 5.31. The molecule has 2 unspecified atom stereocenters. The molecule has 0 radical (unpaired) electrons. The molecule has 0 spiro atoms. The van der Waals surface area contributed by atoms with Gasteiger partial charge in [0.05, 0.1) is 25.8 Å². The van der Waals surface area contributed by atoms with Crippen molar-refractivity contribution in [3.05, 3.63) is 29.8 Å². The Balaban J connectivity index is 2.10. The summed E-state index contributed by atoms with van der Waals surface area (Å²) in [6, 6.07) is 7.96. The minimum atomic E-state index is -0.0946. The Hall–Kier alpha value is -1.59. The van der Waals surface area contributed by atoms with E-state index in [1.165, 1.54) is 0 Å². The molecule has 1 aromatic carbocycles. The first-order valence-corrected chi connectivity index (χ1v) is 7.43. The highest BCUT2D eigenvalue weighted by Crippen LogP contribution is 2.26. The van der Waals surface area contributed by atoms with Crippen LogP contribution < -0.4 is 10.1 Å². The fraction of sp³-hybridized carbons (Fsp3) is 0.562. The third-order valence-electron chi connectivity index (χ3n) is 3.56. The van der Waals surface area contributed by atoms with Gasteiger partial charge in [-0.05, 0) is 31.0 Å². The zero-order valence-electron chi connectivity index (χ0n) is 13.0. The summed E-state index contributed by atoms with van der Waals surface area (Å²) in [5.74, 6) is 0.970. The van der Waals surface area contributed by atoms with Crippen LogP contribution in [0.1, 0.15) is 32.0 Å². The molecule has 21 heavy (non-hydrogen) atoms. The van der Waals surface area contributed by atoms with Crippen molar-refractivity contribution in [1.82, 2.24) is 10.2 Å². The zero-order valence-corrected chi connectivity index (χ0v) is 13.0. The van der Waals surface area contributed by atoms with Crippen LogP contribution in [-0.4, -0.2) is 43.7 Å². The summed E-state index contributed by atoms with van der Waals surface area (Å²) in [6.07, 6.45) is 0.894. The highest BCUT2D eigenvalue weighted by atomic mass is 16.5. The van der Waals surface area contributed by atoms with E-state index in [2.05, 4.69) is 12.2 Å². The number of hydrogen-bond acceptors (Lipinski definition) is 4. The van der Waals surface area contributed by atoms with E-state index in [9.17, 15) is 4.79 Å². The summed E-state index contributed by atoms with van der Waals surface area (Å²) in [5, 5.41) is 3.25. The topological polar surface area (TPSA) is 50.8 Å². The maximum atomic E-state index is 12.1. The van der Waals surface area contributed by atoms with Gasteiger partial charge >= 0.3 is 0 Å². The van der Waals surface area contributed by atoms with Gasteiger partial charge in [0.25, 0.3) is 0 Å². The monoisotopic (exact) mass is 292 g/mol. The molecule has 5 nitrogen and oxygen atoms in total. The second kappa shape index (κ2) is 7.43. The number of nitrogens with one attached hydrogen (secondary N) is 1. The summed E-state index contributed by atoms with van der Waals surface area (Å²) >= 11 is 0. The van der Waals surface area contributed by atoms with Crippen molar-refractivity contribution in [2.45, 2.75) is 32.5 Å². The minimum Gasteiger partial charge on any atom is -0.494 e. The lowest BCUT2D eigenvalue weighted by Crippen LogP contribution is -2.40. The van der Waals surface area contributed by atoms with Crippen molar-refractivity contribution in [3.8, 4) is 5.75 Å². The fourth-order valence-corrected chi connectivity index (χ4v) is 2.58. The molecule has 1 aliphatic rings. The SMILES string of the molecule is CCCOc1ccc(C2NCC(=O)N2C(C)COC)cc1. The van der Waals surface area contributed by atoms with Gasteiger partial charge in [0.2, 0.25) is 5.91 Å². The largest absolute Gasteiger partial charge is 0.494 e. The molecule has 116 valence electrons. The predicted octanol–water partition coefficient (Wildman–Crippen LogP) is 1.94. The molecule has 0 aromatic heterocycles. The molecule has 1 N–H and O–H groups in total. The number of amides is 1. The molecule has 5 heteroatoms. The van der Waals surface area contributed by atoms with E-state index < -0.39 is 0 Å². The number of methoxy groups -OCH3 is 1. The molecular formula is C16H24N2O3. The molecule has 1 saturated heterocycles. The lowest BCUT2D eigenvalue weighted by atomic mass is 10.1. The van der Waals surface area contributed by atoms with Crippen LogP contribution in [0.2, 0.25) is 0 Å². The summed E-state index contributed by atoms with van der Waals surface area (Å²) in [7, 11) is 1.65. The van der Waals surface area contributed by atoms with Gasteiger partial charge < -0.3 is 14.4 Å². The number of ether oxygens (including phenoxy) is 2. The van der Waals surface area contributed by atoms with Gasteiger partial charge in [-0.1, -0.05) is 19.1 Å². The average molecular weight is 292 g/mol. The predicted molar refractivity (Wildman–Crippen MR) is 81.2 cm³/mol. The van der Waals surface area contributed by atoms with Gasteiger partial charge in [0.15, 0.2) is 0 Å². The third-order valence-corrected chi connectivity index (χ3v) is 3.56. The van der Waals surface area contributed by atoms with Gasteiger partial charge in [-0.25, -0.2) is 0 Å². The average Bonchev–Trinajstić information content (AvgIpc) is 2.88. The van der Waals surface area contributed by atoms with Gasteiger partial charge in [-0.15, -0.1) is 0 Å². The maximum absolute atomic E-state index is 12.1. The van der Waals surface area contributed by atoms with Crippen molar-refractivity contribution >= 4 is 5.91 Å². The standard InChI is InChI=1S/C16H24N2O3/c1-4-9-21-14-7-5-13(6-8-14)16-17-10-15(19)18(16)12(2)11-20-3/h5-8,12,16-17H,4,9-11H2,1-3H3. The molecule has 2 rings (SSSR count). The summed E-state index contributed by atoms with van der Waals surface area (Å²) in [4.78, 5) is 13.9. The minimum absolute atomic E-state index is 0.0403. The Morgan fingerprint density at radius 2 is 2.10 bits per heavy atom. The summed E-state index contributed by atoms with van der Waals surface area (Å²) in [6.45, 7) is 5.70. The molecule has 1 aromatic rings. The van der Waals surface area contributed by atoms with Crippen LogP contribution in [-0.2, 0) is 9.53 Å². The maximum Gasteiger partial charge on any atom is 0.238 e. The van der Waals surface area contributed by atoms with Crippen LogP contribution in [0.4, 0.5) is 0 Å². The lowest BCUT2D eigenvalue weighted by Gasteiger charge is -2.30. The van der Waals surface area contributed by atoms with Crippen LogP contribution in [0.5, 0.6) is 5.75 Å². The third kappa shape index (κ3) is 3.74. The molecule has 1 fully saturated rings. The molecule has 1 amide bonds. The number of carbonyl (C=O) groups is 1. The van der Waals surface area contributed by atoms with E-state index in [1.54, 1.807) is 7.11 Å². The van der Waals surface area contributed by atoms with E-state index in [4.69, 9.17) is 9.47 Å². The van der Waals surface area contributed by atoms with Crippen LogP contribution in [0.3, 0.4) is 0 Å². The zero-order chi connectivity index (χ0) is 15.2. The Morgan fingerprint density at radius 3 is 2.71 bits per heavy atom. The molecule has 0 aliphatic carbocycles. The molecular weight excluding hydrogens is 268 g/mol. The number of hydrogen-bond donors (Lipinski definition) is 1. The number of benzene rings is 1. The van der Waals surface area contributed by atoms with Crippen molar-refractivity contribution in [2.24, 2.45) is 0 Å². The van der Waals surface area contributed by atoms with Gasteiger partial charge in [0, 0.05) is 7.11 Å². The van der Waals surface area contributed by atoms with Gasteiger partial charge in [-0.3, -0.25) is 10.1 Å². The Labute approximate surface area is 126 Å². The number of rotatable bonds is 7. The molecule has 1 aliphatic heterocycles. The van der Waals surface area contributed by atoms with E-state index in [1.807, 2.05) is 36.1 Å². The highest BCUT2D eigenvalue weighted by molar-refractivity contribution is 5.81. The quantitative estimate of drug-likeness (QED) is 0.834. The molecule has 0 bridgehead atoms. The number of carbonyl (C=O) groups excluding carboxylic acids is 1. The van der Waals surface area contributed by atoms with Crippen LogP contribution in [0.25, 0.3) is 0 Å². The van der Waals surface area contributed by atoms with E-state index in [0.29, 0.717) is 13.2 Å². The van der Waals surface area contributed by atoms with E-state index in [0.717, 1.165) is 24.3 Å². The van der Waals surface area contributed by atoms with Crippen LogP contribution >= 0.6 is 0 Å². The van der Waals surface area contributed by atoms with Crippen molar-refractivity contribution in [2.75, 3.05) is 26.9 Å². The Bertz CT molecular complexity index is 461. The molecule has 2 atom stereocenters. The highest BCUT2D eigenvalue weighted by Gasteiger charge is 2.34. The number of nitrogens with zero attached hydrogens (tertiary/aromatic N) is 1. The fourth-order valence-electron chi connectivity index (χ4n) is 2.58. The Kier molecular flexibility index (Phi) is 5.59. The van der Waals surface area contributed by atoms with Gasteiger partial charge in [-0.2, -0.15) is 0 Å². The summed E-state index contributed by atoms with van der Waals surface area (Å²) < 4.78 is 10.8. The second-order valence-corrected chi connectivity index (χ2v) is 5.31. The van der Waals surface area contributed by atoms with Crippen LogP contribution in [0, 0.1) is 0 Å².